The molecule has 0 saturated heterocycles. The summed E-state index contributed by atoms with van der Waals surface area (Å²) in [5.74, 6) is -0.420. The Kier molecular flexibility index (Phi) is 8.36. The van der Waals surface area contributed by atoms with Crippen LogP contribution in [0.4, 0.5) is 0 Å². The zero-order valence-corrected chi connectivity index (χ0v) is 12.8. The summed E-state index contributed by atoms with van der Waals surface area (Å²) in [5.41, 5.74) is 0. The Hall–Kier alpha value is -0.480. The molecule has 0 bridgehead atoms. The molecule has 2 N–H and O–H groups in total. The van der Waals surface area contributed by atoms with Crippen molar-refractivity contribution in [2.24, 2.45) is 11.8 Å². The Morgan fingerprint density at radius 3 is 1.28 bits per heavy atom. The molecule has 0 aliphatic heterocycles. The minimum Gasteiger partial charge on any atom is -0.344 e. The van der Waals surface area contributed by atoms with Gasteiger partial charge in [-0.25, -0.2) is 0 Å². The topological polar surface area (TPSA) is 58.2 Å². The average Bonchev–Trinajstić information content (AvgIpc) is 2.31. The first-order valence-corrected chi connectivity index (χ1v) is 7.13. The standard InChI is InChI=1S/C12H22Cl2N2O2/c1-7(2)9(5-13)15-11(17)12(18)16-10(6-14)8(3)4/h7-10H,5-6H2,1-4H3,(H,15,17)(H,16,18)/t9-,10-/m1/s1. The third-order valence-corrected chi connectivity index (χ3v) is 3.45. The van der Waals surface area contributed by atoms with Crippen LogP contribution in [0.25, 0.3) is 0 Å². The van der Waals surface area contributed by atoms with E-state index in [1.807, 2.05) is 27.7 Å². The molecule has 0 aromatic rings. The van der Waals surface area contributed by atoms with E-state index in [4.69, 9.17) is 23.2 Å². The molecular weight excluding hydrogens is 275 g/mol. The van der Waals surface area contributed by atoms with Gasteiger partial charge in [0.05, 0.1) is 0 Å². The second-order valence-electron chi connectivity index (χ2n) is 4.96. The smallest absolute Gasteiger partial charge is 0.309 e. The van der Waals surface area contributed by atoms with Crippen LogP contribution < -0.4 is 10.6 Å². The zero-order valence-electron chi connectivity index (χ0n) is 11.3. The van der Waals surface area contributed by atoms with Gasteiger partial charge in [0.2, 0.25) is 0 Å². The molecular formula is C12H22Cl2N2O2. The molecule has 6 heteroatoms. The summed E-state index contributed by atoms with van der Waals surface area (Å²) in [4.78, 5) is 23.3. The second-order valence-corrected chi connectivity index (χ2v) is 5.57. The van der Waals surface area contributed by atoms with Crippen LogP contribution in [0.1, 0.15) is 27.7 Å². The SMILES string of the molecule is CC(C)[C@@H](CCl)NC(=O)C(=O)N[C@H](CCl)C(C)C. The summed E-state index contributed by atoms with van der Waals surface area (Å²) >= 11 is 11.5. The second kappa shape index (κ2) is 8.59. The van der Waals surface area contributed by atoms with Crippen LogP contribution in [-0.4, -0.2) is 35.7 Å². The van der Waals surface area contributed by atoms with Gasteiger partial charge >= 0.3 is 11.8 Å². The lowest BCUT2D eigenvalue weighted by atomic mass is 10.1. The predicted octanol–water partition coefficient (Wildman–Crippen LogP) is 1.75. The summed E-state index contributed by atoms with van der Waals surface area (Å²) in [6.45, 7) is 7.73. The van der Waals surface area contributed by atoms with Gasteiger partial charge in [-0.05, 0) is 11.8 Å². The van der Waals surface area contributed by atoms with Gasteiger partial charge in [-0.3, -0.25) is 9.59 Å². The maximum Gasteiger partial charge on any atom is 0.309 e. The Balaban J connectivity index is 4.38. The van der Waals surface area contributed by atoms with Crippen molar-refractivity contribution in [3.8, 4) is 0 Å². The number of nitrogens with one attached hydrogen (secondary N) is 2. The molecule has 0 aliphatic carbocycles. The molecule has 0 heterocycles. The van der Waals surface area contributed by atoms with Gasteiger partial charge in [0.25, 0.3) is 0 Å². The molecule has 0 rings (SSSR count). The summed E-state index contributed by atoms with van der Waals surface area (Å²) in [6.07, 6.45) is 0. The lowest BCUT2D eigenvalue weighted by Gasteiger charge is -2.22. The number of carbonyl (C=O) groups excluding carboxylic acids is 2. The molecule has 0 aliphatic rings. The van der Waals surface area contributed by atoms with E-state index in [0.29, 0.717) is 0 Å². The minimum atomic E-state index is -0.662. The van der Waals surface area contributed by atoms with Crippen molar-refractivity contribution in [1.82, 2.24) is 10.6 Å². The van der Waals surface area contributed by atoms with Gasteiger partial charge in [-0.2, -0.15) is 0 Å². The number of alkyl halides is 2. The van der Waals surface area contributed by atoms with E-state index in [-0.39, 0.29) is 35.7 Å². The van der Waals surface area contributed by atoms with Crippen molar-refractivity contribution in [3.63, 3.8) is 0 Å². The summed E-state index contributed by atoms with van der Waals surface area (Å²) in [5, 5.41) is 5.22. The maximum absolute atomic E-state index is 11.7. The van der Waals surface area contributed by atoms with Crippen LogP contribution in [0.3, 0.4) is 0 Å². The van der Waals surface area contributed by atoms with Gasteiger partial charge in [0.15, 0.2) is 0 Å². The Bertz CT molecular complexity index is 255. The molecule has 2 amide bonds. The van der Waals surface area contributed by atoms with Crippen LogP contribution in [0.15, 0.2) is 0 Å². The maximum atomic E-state index is 11.7. The molecule has 0 radical (unpaired) electrons. The van der Waals surface area contributed by atoms with E-state index in [9.17, 15) is 9.59 Å². The van der Waals surface area contributed by atoms with Crippen molar-refractivity contribution < 1.29 is 9.59 Å². The summed E-state index contributed by atoms with van der Waals surface area (Å²) in [7, 11) is 0. The quantitative estimate of drug-likeness (QED) is 0.579. The lowest BCUT2D eigenvalue weighted by Crippen LogP contribution is -2.51. The minimum absolute atomic E-state index is 0.174. The van der Waals surface area contributed by atoms with Crippen LogP contribution >= 0.6 is 23.2 Å². The fraction of sp³-hybridized carbons (Fsp3) is 0.833. The number of hydrogen-bond donors (Lipinski definition) is 2. The van der Waals surface area contributed by atoms with Gasteiger partial charge < -0.3 is 10.6 Å². The first-order chi connectivity index (χ1) is 8.33. The van der Waals surface area contributed by atoms with E-state index in [1.54, 1.807) is 0 Å². The molecule has 106 valence electrons. The fourth-order valence-corrected chi connectivity index (χ4v) is 2.10. The van der Waals surface area contributed by atoms with E-state index in [2.05, 4.69) is 10.6 Å². The Morgan fingerprint density at radius 2 is 1.11 bits per heavy atom. The molecule has 0 aromatic heterocycles. The van der Waals surface area contributed by atoms with E-state index in [0.717, 1.165) is 0 Å². The van der Waals surface area contributed by atoms with Gasteiger partial charge in [0.1, 0.15) is 0 Å². The van der Waals surface area contributed by atoms with Crippen molar-refractivity contribution in [3.05, 3.63) is 0 Å². The first kappa shape index (κ1) is 17.5. The lowest BCUT2D eigenvalue weighted by molar-refractivity contribution is -0.140. The Morgan fingerprint density at radius 1 is 0.833 bits per heavy atom. The molecule has 0 fully saturated rings. The molecule has 0 aromatic carbocycles. The normalized spacial score (nSPS) is 14.4. The summed E-state index contributed by atoms with van der Waals surface area (Å²) in [6, 6.07) is -0.420. The zero-order chi connectivity index (χ0) is 14.3. The van der Waals surface area contributed by atoms with Crippen LogP contribution in [0.5, 0.6) is 0 Å². The van der Waals surface area contributed by atoms with Gasteiger partial charge in [-0.1, -0.05) is 27.7 Å². The van der Waals surface area contributed by atoms with Gasteiger partial charge in [-0.15, -0.1) is 23.2 Å². The molecule has 0 spiro atoms. The number of amides is 2. The molecule has 0 saturated carbocycles. The number of halogens is 2. The Labute approximate surface area is 119 Å². The van der Waals surface area contributed by atoms with Crippen LogP contribution in [-0.2, 0) is 9.59 Å². The number of carbonyl (C=O) groups is 2. The van der Waals surface area contributed by atoms with Crippen molar-refractivity contribution >= 4 is 35.0 Å². The highest BCUT2D eigenvalue weighted by Gasteiger charge is 2.23. The molecule has 18 heavy (non-hydrogen) atoms. The highest BCUT2D eigenvalue weighted by atomic mass is 35.5. The average molecular weight is 297 g/mol. The molecule has 2 atom stereocenters. The molecule has 0 unspecified atom stereocenters. The van der Waals surface area contributed by atoms with Crippen LogP contribution in [0.2, 0.25) is 0 Å². The first-order valence-electron chi connectivity index (χ1n) is 6.06. The van der Waals surface area contributed by atoms with Gasteiger partial charge in [0, 0.05) is 23.8 Å². The highest BCUT2D eigenvalue weighted by Crippen LogP contribution is 2.05. The van der Waals surface area contributed by atoms with Crippen molar-refractivity contribution in [1.29, 1.82) is 0 Å². The predicted molar refractivity (Wildman–Crippen MR) is 75.0 cm³/mol. The van der Waals surface area contributed by atoms with Crippen LogP contribution in [0, 0.1) is 11.8 Å². The largest absolute Gasteiger partial charge is 0.344 e. The molecule has 4 nitrogen and oxygen atoms in total. The monoisotopic (exact) mass is 296 g/mol. The van der Waals surface area contributed by atoms with Crippen molar-refractivity contribution in [2.45, 2.75) is 39.8 Å². The summed E-state index contributed by atoms with van der Waals surface area (Å²) < 4.78 is 0. The highest BCUT2D eigenvalue weighted by molar-refractivity contribution is 6.35. The fourth-order valence-electron chi connectivity index (χ4n) is 1.23. The third kappa shape index (κ3) is 5.91. The number of hydrogen-bond acceptors (Lipinski definition) is 2. The van der Waals surface area contributed by atoms with E-state index < -0.39 is 11.8 Å². The van der Waals surface area contributed by atoms with Crippen molar-refractivity contribution in [2.75, 3.05) is 11.8 Å². The number of rotatable bonds is 6. The third-order valence-electron chi connectivity index (χ3n) is 2.78. The van der Waals surface area contributed by atoms with E-state index in [1.165, 1.54) is 0 Å². The van der Waals surface area contributed by atoms with E-state index >= 15 is 0 Å².